The Kier molecular flexibility index (Phi) is 2.87. The van der Waals surface area contributed by atoms with Crippen LogP contribution in [0, 0.1) is 5.92 Å². The molecule has 3 N–H and O–H groups in total. The van der Waals surface area contributed by atoms with Gasteiger partial charge in [0.25, 0.3) is 0 Å². The molecule has 0 aliphatic heterocycles. The van der Waals surface area contributed by atoms with Crippen molar-refractivity contribution >= 4 is 15.8 Å². The lowest BCUT2D eigenvalue weighted by atomic mass is 10.0. The zero-order valence-electron chi connectivity index (χ0n) is 9.97. The molecule has 0 unspecified atom stereocenters. The molecule has 1 heterocycles. The van der Waals surface area contributed by atoms with Gasteiger partial charge in [0, 0.05) is 11.7 Å². The minimum absolute atomic E-state index is 0.0339. The fourth-order valence-electron chi connectivity index (χ4n) is 1.92. The molecule has 0 radical (unpaired) electrons. The Morgan fingerprint density at radius 2 is 2.12 bits per heavy atom. The first kappa shape index (κ1) is 12.3. The number of nitrogens with two attached hydrogens (primary N) is 1. The van der Waals surface area contributed by atoms with E-state index in [4.69, 9.17) is 5.73 Å². The van der Waals surface area contributed by atoms with Crippen LogP contribution in [0.1, 0.15) is 26.7 Å². The van der Waals surface area contributed by atoms with Gasteiger partial charge in [-0.3, -0.25) is 0 Å². The molecular weight excluding hydrogens is 238 g/mol. The van der Waals surface area contributed by atoms with Crippen molar-refractivity contribution in [1.82, 2.24) is 9.71 Å². The molecule has 0 amide bonds. The van der Waals surface area contributed by atoms with Crippen LogP contribution >= 0.6 is 0 Å². The van der Waals surface area contributed by atoms with Gasteiger partial charge in [0.15, 0.2) is 0 Å². The maximum Gasteiger partial charge on any atom is 0.244 e. The number of pyridine rings is 1. The minimum Gasteiger partial charge on any atom is -0.383 e. The van der Waals surface area contributed by atoms with E-state index in [1.165, 1.54) is 12.3 Å². The summed E-state index contributed by atoms with van der Waals surface area (Å²) in [6, 6.07) is 3.03. The summed E-state index contributed by atoms with van der Waals surface area (Å²) in [6.45, 7) is 3.80. The lowest BCUT2D eigenvalue weighted by Gasteiger charge is -2.25. The number of hydrogen-bond donors (Lipinski definition) is 2. The van der Waals surface area contributed by atoms with Crippen LogP contribution < -0.4 is 10.5 Å². The molecule has 0 saturated heterocycles. The molecule has 0 spiro atoms. The zero-order valence-corrected chi connectivity index (χ0v) is 10.8. The summed E-state index contributed by atoms with van der Waals surface area (Å²) < 4.78 is 27.0. The first-order valence-electron chi connectivity index (χ1n) is 5.57. The van der Waals surface area contributed by atoms with E-state index >= 15 is 0 Å². The number of sulfonamides is 1. The Bertz CT molecular complexity index is 521. The number of nitrogens with zero attached hydrogens (tertiary/aromatic N) is 1. The number of anilines is 1. The maximum atomic E-state index is 12.2. The molecule has 0 atom stereocenters. The SMILES string of the molecule is CC(C)(NS(=O)(=O)c1cccnc1N)C1CC1. The first-order chi connectivity index (χ1) is 7.83. The Hall–Kier alpha value is -1.14. The van der Waals surface area contributed by atoms with Gasteiger partial charge in [-0.1, -0.05) is 0 Å². The third-order valence-electron chi connectivity index (χ3n) is 3.08. The van der Waals surface area contributed by atoms with Crippen LogP contribution in [0.25, 0.3) is 0 Å². The molecule has 1 aromatic rings. The number of rotatable bonds is 4. The van der Waals surface area contributed by atoms with Gasteiger partial charge < -0.3 is 5.73 Å². The zero-order chi connectivity index (χ0) is 12.7. The van der Waals surface area contributed by atoms with E-state index in [1.54, 1.807) is 6.07 Å². The predicted octanol–water partition coefficient (Wildman–Crippen LogP) is 1.13. The summed E-state index contributed by atoms with van der Waals surface area (Å²) in [5, 5.41) is 0. The molecule has 1 aromatic heterocycles. The van der Waals surface area contributed by atoms with Gasteiger partial charge in [-0.2, -0.15) is 0 Å². The summed E-state index contributed by atoms with van der Waals surface area (Å²) in [5.41, 5.74) is 5.16. The number of hydrogen-bond acceptors (Lipinski definition) is 4. The smallest absolute Gasteiger partial charge is 0.244 e. The van der Waals surface area contributed by atoms with Crippen LogP contribution in [0.4, 0.5) is 5.82 Å². The monoisotopic (exact) mass is 255 g/mol. The Labute approximate surface area is 101 Å². The van der Waals surface area contributed by atoms with Gasteiger partial charge >= 0.3 is 0 Å². The van der Waals surface area contributed by atoms with Crippen molar-refractivity contribution < 1.29 is 8.42 Å². The van der Waals surface area contributed by atoms with Crippen LogP contribution in [0.15, 0.2) is 23.2 Å². The van der Waals surface area contributed by atoms with E-state index in [0.29, 0.717) is 5.92 Å². The van der Waals surface area contributed by atoms with Gasteiger partial charge in [-0.15, -0.1) is 0 Å². The Balaban J connectivity index is 2.28. The number of aromatic nitrogens is 1. The van der Waals surface area contributed by atoms with Gasteiger partial charge in [0.05, 0.1) is 0 Å². The Morgan fingerprint density at radius 1 is 1.47 bits per heavy atom. The first-order valence-corrected chi connectivity index (χ1v) is 7.06. The van der Waals surface area contributed by atoms with Crippen molar-refractivity contribution in [1.29, 1.82) is 0 Å². The van der Waals surface area contributed by atoms with Crippen molar-refractivity contribution in [3.63, 3.8) is 0 Å². The van der Waals surface area contributed by atoms with Gasteiger partial charge in [-0.05, 0) is 44.7 Å². The van der Waals surface area contributed by atoms with E-state index in [-0.39, 0.29) is 10.7 Å². The normalized spacial score (nSPS) is 17.1. The van der Waals surface area contributed by atoms with Crippen molar-refractivity contribution in [3.05, 3.63) is 18.3 Å². The molecule has 1 saturated carbocycles. The van der Waals surface area contributed by atoms with Crippen LogP contribution in [0.5, 0.6) is 0 Å². The van der Waals surface area contributed by atoms with Crippen molar-refractivity contribution in [3.8, 4) is 0 Å². The number of nitrogens with one attached hydrogen (secondary N) is 1. The average molecular weight is 255 g/mol. The van der Waals surface area contributed by atoms with E-state index in [2.05, 4.69) is 9.71 Å². The van der Waals surface area contributed by atoms with Crippen LogP contribution in [-0.4, -0.2) is 18.9 Å². The highest BCUT2D eigenvalue weighted by atomic mass is 32.2. The summed E-state index contributed by atoms with van der Waals surface area (Å²) in [7, 11) is -3.59. The maximum absolute atomic E-state index is 12.2. The molecule has 17 heavy (non-hydrogen) atoms. The standard InChI is InChI=1S/C11H17N3O2S/c1-11(2,8-5-6-8)14-17(15,16)9-4-3-7-13-10(9)12/h3-4,7-8,14H,5-6H2,1-2H3,(H2,12,13). The second-order valence-corrected chi connectivity index (χ2v) is 6.64. The molecule has 5 nitrogen and oxygen atoms in total. The largest absolute Gasteiger partial charge is 0.383 e. The lowest BCUT2D eigenvalue weighted by molar-refractivity contribution is 0.400. The van der Waals surface area contributed by atoms with Crippen LogP contribution in [-0.2, 0) is 10.0 Å². The highest BCUT2D eigenvalue weighted by Crippen LogP contribution is 2.40. The summed E-state index contributed by atoms with van der Waals surface area (Å²) in [5.74, 6) is 0.446. The quantitative estimate of drug-likeness (QED) is 0.844. The van der Waals surface area contributed by atoms with E-state index < -0.39 is 15.6 Å². The van der Waals surface area contributed by atoms with Crippen LogP contribution in [0.2, 0.25) is 0 Å². The Morgan fingerprint density at radius 3 is 2.65 bits per heavy atom. The number of nitrogen functional groups attached to an aromatic ring is 1. The molecule has 1 fully saturated rings. The van der Waals surface area contributed by atoms with E-state index in [1.807, 2.05) is 13.8 Å². The van der Waals surface area contributed by atoms with Gasteiger partial charge in [0.1, 0.15) is 10.7 Å². The fourth-order valence-corrected chi connectivity index (χ4v) is 3.47. The molecule has 2 rings (SSSR count). The van der Waals surface area contributed by atoms with Gasteiger partial charge in [0.2, 0.25) is 10.0 Å². The minimum atomic E-state index is -3.59. The topological polar surface area (TPSA) is 85.1 Å². The molecule has 0 bridgehead atoms. The molecule has 1 aliphatic rings. The third-order valence-corrected chi connectivity index (χ3v) is 4.80. The van der Waals surface area contributed by atoms with Crippen molar-refractivity contribution in [2.75, 3.05) is 5.73 Å². The molecule has 6 heteroatoms. The van der Waals surface area contributed by atoms with E-state index in [0.717, 1.165) is 12.8 Å². The highest BCUT2D eigenvalue weighted by Gasteiger charge is 2.40. The second kappa shape index (κ2) is 3.96. The van der Waals surface area contributed by atoms with Gasteiger partial charge in [-0.25, -0.2) is 18.1 Å². The summed E-state index contributed by atoms with van der Waals surface area (Å²) in [6.07, 6.45) is 3.61. The highest BCUT2D eigenvalue weighted by molar-refractivity contribution is 7.89. The average Bonchev–Trinajstić information content (AvgIpc) is 2.99. The van der Waals surface area contributed by atoms with E-state index in [9.17, 15) is 8.42 Å². The molecular formula is C11H17N3O2S. The third kappa shape index (κ3) is 2.58. The second-order valence-electron chi connectivity index (χ2n) is 4.99. The summed E-state index contributed by atoms with van der Waals surface area (Å²) in [4.78, 5) is 3.84. The predicted molar refractivity (Wildman–Crippen MR) is 65.8 cm³/mol. The molecule has 1 aliphatic carbocycles. The lowest BCUT2D eigenvalue weighted by Crippen LogP contribution is -2.45. The summed E-state index contributed by atoms with van der Waals surface area (Å²) >= 11 is 0. The molecule has 94 valence electrons. The fraction of sp³-hybridized carbons (Fsp3) is 0.545. The van der Waals surface area contributed by atoms with Crippen molar-refractivity contribution in [2.45, 2.75) is 37.1 Å². The van der Waals surface area contributed by atoms with Crippen LogP contribution in [0.3, 0.4) is 0 Å². The van der Waals surface area contributed by atoms with Crippen molar-refractivity contribution in [2.24, 2.45) is 5.92 Å². The molecule has 0 aromatic carbocycles.